The Labute approximate surface area is 181 Å². The normalized spacial score (nSPS) is 20.2. The second-order valence-electron chi connectivity index (χ2n) is 7.72. The minimum absolute atomic E-state index is 0.107. The van der Waals surface area contributed by atoms with Crippen molar-refractivity contribution in [3.63, 3.8) is 0 Å². The lowest BCUT2D eigenvalue weighted by atomic mass is 10.2. The van der Waals surface area contributed by atoms with E-state index in [4.69, 9.17) is 0 Å². The average Bonchev–Trinajstić information content (AvgIpc) is 3.36. The molecule has 0 saturated heterocycles. The highest BCUT2D eigenvalue weighted by Crippen LogP contribution is 2.30. The fraction of sp³-hybridized carbons (Fsp3) is 0.333. The molecule has 1 atom stereocenters. The number of nitrogens with one attached hydrogen (secondary N) is 2. The van der Waals surface area contributed by atoms with Gasteiger partial charge in [-0.25, -0.2) is 16.8 Å². The average molecular weight is 462 g/mol. The van der Waals surface area contributed by atoms with E-state index >= 15 is 0 Å². The Morgan fingerprint density at radius 2 is 1.84 bits per heavy atom. The molecule has 2 aliphatic rings. The summed E-state index contributed by atoms with van der Waals surface area (Å²) in [7, 11) is -7.13. The summed E-state index contributed by atoms with van der Waals surface area (Å²) in [5, 5.41) is 2.30. The van der Waals surface area contributed by atoms with E-state index < -0.39 is 31.8 Å². The van der Waals surface area contributed by atoms with E-state index in [1.807, 2.05) is 0 Å². The highest BCUT2D eigenvalue weighted by Gasteiger charge is 2.32. The lowest BCUT2D eigenvalue weighted by Gasteiger charge is -2.13. The second kappa shape index (κ2) is 8.08. The molecule has 164 valence electrons. The molecular formula is C21H23N3O5S2. The molecule has 0 aromatic heterocycles. The van der Waals surface area contributed by atoms with Gasteiger partial charge < -0.3 is 5.32 Å². The molecule has 1 fully saturated rings. The molecule has 4 rings (SSSR count). The Kier molecular flexibility index (Phi) is 5.61. The van der Waals surface area contributed by atoms with Gasteiger partial charge in [0.25, 0.3) is 10.0 Å². The highest BCUT2D eigenvalue weighted by atomic mass is 32.2. The van der Waals surface area contributed by atoms with Crippen molar-refractivity contribution >= 4 is 37.3 Å². The van der Waals surface area contributed by atoms with Crippen LogP contribution in [0.15, 0.2) is 63.3 Å². The van der Waals surface area contributed by atoms with Gasteiger partial charge >= 0.3 is 0 Å². The zero-order valence-electron chi connectivity index (χ0n) is 16.9. The number of anilines is 1. The summed E-state index contributed by atoms with van der Waals surface area (Å²) in [5.41, 5.74) is 0.760. The van der Waals surface area contributed by atoms with Gasteiger partial charge in [-0.1, -0.05) is 31.0 Å². The van der Waals surface area contributed by atoms with Crippen LogP contribution < -0.4 is 10.0 Å². The quantitative estimate of drug-likeness (QED) is 0.708. The Morgan fingerprint density at radius 1 is 1.13 bits per heavy atom. The minimum atomic E-state index is -3.69. The van der Waals surface area contributed by atoms with E-state index in [0.29, 0.717) is 24.1 Å². The van der Waals surface area contributed by atoms with E-state index in [2.05, 4.69) is 15.0 Å². The van der Waals surface area contributed by atoms with Crippen LogP contribution in [0.1, 0.15) is 38.2 Å². The van der Waals surface area contributed by atoms with Crippen molar-refractivity contribution in [3.05, 3.63) is 54.1 Å². The third-order valence-corrected chi connectivity index (χ3v) is 9.19. The first kappa shape index (κ1) is 21.5. The van der Waals surface area contributed by atoms with Gasteiger partial charge in [0.1, 0.15) is 11.9 Å². The SMILES string of the molecule is C[C@H](N=C1NS(=O)(=O)c2ccccc21)C(=O)Nc1cccc(S(=O)(=O)C2CCCC2)c1. The molecule has 1 saturated carbocycles. The molecule has 1 aliphatic heterocycles. The molecule has 1 heterocycles. The number of hydrogen-bond acceptors (Lipinski definition) is 6. The fourth-order valence-electron chi connectivity index (χ4n) is 3.87. The molecule has 31 heavy (non-hydrogen) atoms. The van der Waals surface area contributed by atoms with Crippen LogP contribution in [-0.4, -0.2) is 39.9 Å². The predicted molar refractivity (Wildman–Crippen MR) is 117 cm³/mol. The predicted octanol–water partition coefficient (Wildman–Crippen LogP) is 2.47. The van der Waals surface area contributed by atoms with Crippen molar-refractivity contribution in [3.8, 4) is 0 Å². The Morgan fingerprint density at radius 3 is 2.58 bits per heavy atom. The first-order valence-electron chi connectivity index (χ1n) is 10.0. The van der Waals surface area contributed by atoms with Gasteiger partial charge in [0.15, 0.2) is 9.84 Å². The van der Waals surface area contributed by atoms with Crippen LogP contribution in [0.25, 0.3) is 0 Å². The van der Waals surface area contributed by atoms with Crippen molar-refractivity contribution < 1.29 is 21.6 Å². The molecule has 0 radical (unpaired) electrons. The first-order valence-corrected chi connectivity index (χ1v) is 13.1. The molecular weight excluding hydrogens is 438 g/mol. The summed E-state index contributed by atoms with van der Waals surface area (Å²) in [4.78, 5) is 17.2. The van der Waals surface area contributed by atoms with E-state index in [1.54, 1.807) is 30.3 Å². The van der Waals surface area contributed by atoms with Gasteiger partial charge in [-0.05, 0) is 50.1 Å². The van der Waals surface area contributed by atoms with Crippen LogP contribution in [-0.2, 0) is 24.7 Å². The van der Waals surface area contributed by atoms with Gasteiger partial charge in [0.05, 0.1) is 15.0 Å². The smallest absolute Gasteiger partial charge is 0.263 e. The highest BCUT2D eigenvalue weighted by molar-refractivity contribution is 7.92. The maximum absolute atomic E-state index is 12.8. The van der Waals surface area contributed by atoms with Crippen LogP contribution in [0.2, 0.25) is 0 Å². The Hall–Kier alpha value is -2.72. The lowest BCUT2D eigenvalue weighted by molar-refractivity contribution is -0.117. The van der Waals surface area contributed by atoms with Crippen LogP contribution in [0.4, 0.5) is 5.69 Å². The van der Waals surface area contributed by atoms with Crippen molar-refractivity contribution in [2.24, 2.45) is 4.99 Å². The number of fused-ring (bicyclic) bond motifs is 1. The summed E-state index contributed by atoms with van der Waals surface area (Å²) >= 11 is 0. The summed E-state index contributed by atoms with van der Waals surface area (Å²) in [5.74, 6) is -0.373. The monoisotopic (exact) mass is 461 g/mol. The van der Waals surface area contributed by atoms with E-state index in [9.17, 15) is 21.6 Å². The van der Waals surface area contributed by atoms with Crippen LogP contribution >= 0.6 is 0 Å². The molecule has 2 aromatic rings. The van der Waals surface area contributed by atoms with E-state index in [0.717, 1.165) is 12.8 Å². The summed E-state index contributed by atoms with van der Waals surface area (Å²) in [6, 6.07) is 11.7. The number of aliphatic imine (C=N–C) groups is 1. The maximum Gasteiger partial charge on any atom is 0.263 e. The van der Waals surface area contributed by atoms with Crippen molar-refractivity contribution in [2.45, 2.75) is 53.7 Å². The second-order valence-corrected chi connectivity index (χ2v) is 11.6. The molecule has 2 N–H and O–H groups in total. The Bertz CT molecular complexity index is 1260. The van der Waals surface area contributed by atoms with Gasteiger partial charge in [-0.15, -0.1) is 0 Å². The van der Waals surface area contributed by atoms with Gasteiger partial charge in [-0.3, -0.25) is 14.5 Å². The molecule has 1 aliphatic carbocycles. The first-order chi connectivity index (χ1) is 14.7. The summed E-state index contributed by atoms with van der Waals surface area (Å²) in [6.45, 7) is 1.54. The van der Waals surface area contributed by atoms with Crippen molar-refractivity contribution in [1.82, 2.24) is 4.72 Å². The number of benzene rings is 2. The molecule has 0 spiro atoms. The largest absolute Gasteiger partial charge is 0.324 e. The molecule has 0 unspecified atom stereocenters. The third kappa shape index (κ3) is 4.22. The number of amidine groups is 1. The maximum atomic E-state index is 12.8. The molecule has 8 nitrogen and oxygen atoms in total. The summed E-state index contributed by atoms with van der Waals surface area (Å²) in [6.07, 6.45) is 3.13. The topological polar surface area (TPSA) is 122 Å². The number of rotatable bonds is 5. The molecule has 1 amide bonds. The van der Waals surface area contributed by atoms with Crippen molar-refractivity contribution in [1.29, 1.82) is 0 Å². The molecule has 2 aromatic carbocycles. The van der Waals surface area contributed by atoms with E-state index in [-0.39, 0.29) is 20.9 Å². The number of sulfonamides is 1. The fourth-order valence-corrected chi connectivity index (χ4v) is 7.01. The third-order valence-electron chi connectivity index (χ3n) is 5.54. The van der Waals surface area contributed by atoms with Crippen LogP contribution in [0.5, 0.6) is 0 Å². The van der Waals surface area contributed by atoms with Crippen molar-refractivity contribution in [2.75, 3.05) is 5.32 Å². The van der Waals surface area contributed by atoms with Gasteiger partial charge in [0, 0.05) is 11.3 Å². The lowest BCUT2D eigenvalue weighted by Crippen LogP contribution is -2.29. The summed E-state index contributed by atoms with van der Waals surface area (Å²) < 4.78 is 52.4. The molecule has 0 bridgehead atoms. The number of nitrogens with zero attached hydrogens (tertiary/aromatic N) is 1. The van der Waals surface area contributed by atoms with Gasteiger partial charge in [-0.2, -0.15) is 0 Å². The van der Waals surface area contributed by atoms with E-state index in [1.165, 1.54) is 25.1 Å². The van der Waals surface area contributed by atoms with Crippen LogP contribution in [0.3, 0.4) is 0 Å². The zero-order valence-corrected chi connectivity index (χ0v) is 18.5. The van der Waals surface area contributed by atoms with Gasteiger partial charge in [0.2, 0.25) is 5.91 Å². The number of amides is 1. The number of hydrogen-bond donors (Lipinski definition) is 2. The standard InChI is InChI=1S/C21H23N3O5S2/c1-14(22-20-18-11-4-5-12-19(18)31(28,29)24-20)21(25)23-15-7-6-10-17(13-15)30(26,27)16-8-2-3-9-16/h4-7,10-14,16H,2-3,8-9H2,1H3,(H,22,24)(H,23,25)/t14-/m0/s1. The zero-order chi connectivity index (χ0) is 22.2. The Balaban J connectivity index is 1.52. The van der Waals surface area contributed by atoms with Crippen LogP contribution in [0, 0.1) is 0 Å². The number of carbonyl (C=O) groups is 1. The molecule has 10 heteroatoms. The minimum Gasteiger partial charge on any atom is -0.324 e. The number of sulfone groups is 1. The number of carbonyl (C=O) groups excluding carboxylic acids is 1.